The molecule has 0 amide bonds. The Balaban J connectivity index is 2.16. The van der Waals surface area contributed by atoms with Crippen LogP contribution in [0.3, 0.4) is 0 Å². The van der Waals surface area contributed by atoms with Gasteiger partial charge in [-0.25, -0.2) is 0 Å². The van der Waals surface area contributed by atoms with Gasteiger partial charge in [-0.05, 0) is 25.0 Å². The summed E-state index contributed by atoms with van der Waals surface area (Å²) in [7, 11) is 0. The molecule has 0 radical (unpaired) electrons. The highest BCUT2D eigenvalue weighted by Crippen LogP contribution is 2.43. The number of hydrogen-bond acceptors (Lipinski definition) is 5. The van der Waals surface area contributed by atoms with E-state index in [9.17, 15) is 9.59 Å². The Morgan fingerprint density at radius 1 is 1.25 bits per heavy atom. The van der Waals surface area contributed by atoms with E-state index in [0.717, 1.165) is 17.5 Å². The van der Waals surface area contributed by atoms with Crippen LogP contribution in [0, 0.1) is 11.8 Å². The van der Waals surface area contributed by atoms with Crippen molar-refractivity contribution >= 4 is 11.9 Å². The van der Waals surface area contributed by atoms with E-state index in [1.165, 1.54) is 0 Å². The smallest absolute Gasteiger partial charge is 0.313 e. The average molecular weight is 334 g/mol. The van der Waals surface area contributed by atoms with Crippen molar-refractivity contribution in [1.82, 2.24) is 0 Å². The second-order valence-corrected chi connectivity index (χ2v) is 6.84. The van der Waals surface area contributed by atoms with Gasteiger partial charge < -0.3 is 14.2 Å². The largest absolute Gasteiger partial charge is 0.461 e. The third-order valence-corrected chi connectivity index (χ3v) is 4.27. The SMILES string of the molecule is CC[C@H](C)C(=O)OCc1ccc([C@]2(C)CO2)c(OC(=O)C(C)C)c1. The molecule has 1 aromatic rings. The molecule has 132 valence electrons. The lowest BCUT2D eigenvalue weighted by atomic mass is 9.99. The van der Waals surface area contributed by atoms with Crippen LogP contribution in [0.4, 0.5) is 0 Å². The number of esters is 2. The number of benzene rings is 1. The number of carbonyl (C=O) groups is 2. The zero-order valence-corrected chi connectivity index (χ0v) is 15.0. The third kappa shape index (κ3) is 4.35. The standard InChI is InChI=1S/C19H26O5/c1-6-13(4)18(21)22-10-14-7-8-15(19(5)11-23-19)16(9-14)24-17(20)12(2)3/h7-9,12-13H,6,10-11H2,1-5H3/t13-,19-/m0/s1. The first-order chi connectivity index (χ1) is 11.3. The molecule has 1 fully saturated rings. The van der Waals surface area contributed by atoms with E-state index in [4.69, 9.17) is 14.2 Å². The summed E-state index contributed by atoms with van der Waals surface area (Å²) in [4.78, 5) is 23.8. The summed E-state index contributed by atoms with van der Waals surface area (Å²) in [6.45, 7) is 10.1. The molecule has 0 aliphatic carbocycles. The predicted octanol–water partition coefficient (Wildman–Crippen LogP) is 3.58. The minimum absolute atomic E-state index is 0.124. The van der Waals surface area contributed by atoms with Crippen molar-refractivity contribution < 1.29 is 23.8 Å². The van der Waals surface area contributed by atoms with E-state index in [2.05, 4.69) is 0 Å². The maximum Gasteiger partial charge on any atom is 0.313 e. The Kier molecular flexibility index (Phi) is 5.65. The van der Waals surface area contributed by atoms with E-state index < -0.39 is 5.60 Å². The third-order valence-electron chi connectivity index (χ3n) is 4.27. The Bertz CT molecular complexity index is 616. The van der Waals surface area contributed by atoms with Crippen molar-refractivity contribution in [3.05, 3.63) is 29.3 Å². The summed E-state index contributed by atoms with van der Waals surface area (Å²) in [5.41, 5.74) is 1.22. The van der Waals surface area contributed by atoms with Gasteiger partial charge >= 0.3 is 11.9 Å². The van der Waals surface area contributed by atoms with Gasteiger partial charge in [-0.2, -0.15) is 0 Å². The van der Waals surface area contributed by atoms with E-state index in [0.29, 0.717) is 12.4 Å². The molecule has 0 unspecified atom stereocenters. The fourth-order valence-corrected chi connectivity index (χ4v) is 2.13. The molecule has 0 saturated carbocycles. The molecular weight excluding hydrogens is 308 g/mol. The van der Waals surface area contributed by atoms with Crippen LogP contribution < -0.4 is 4.74 Å². The molecule has 5 heteroatoms. The van der Waals surface area contributed by atoms with Crippen LogP contribution >= 0.6 is 0 Å². The lowest BCUT2D eigenvalue weighted by molar-refractivity contribution is -0.149. The summed E-state index contributed by atoms with van der Waals surface area (Å²) >= 11 is 0. The van der Waals surface area contributed by atoms with E-state index >= 15 is 0 Å². The molecule has 0 N–H and O–H groups in total. The molecular formula is C19H26O5. The Hall–Kier alpha value is -1.88. The lowest BCUT2D eigenvalue weighted by Crippen LogP contribution is -2.18. The molecule has 0 bridgehead atoms. The Morgan fingerprint density at radius 3 is 2.46 bits per heavy atom. The Morgan fingerprint density at radius 2 is 1.92 bits per heavy atom. The quantitative estimate of drug-likeness (QED) is 0.433. The molecule has 5 nitrogen and oxygen atoms in total. The van der Waals surface area contributed by atoms with Gasteiger partial charge in [0, 0.05) is 5.56 Å². The second-order valence-electron chi connectivity index (χ2n) is 6.84. The van der Waals surface area contributed by atoms with Crippen molar-refractivity contribution in [2.75, 3.05) is 6.61 Å². The van der Waals surface area contributed by atoms with Gasteiger partial charge in [0.05, 0.1) is 18.4 Å². The maximum absolute atomic E-state index is 12.0. The molecule has 2 rings (SSSR count). The van der Waals surface area contributed by atoms with E-state index in [1.807, 2.05) is 32.9 Å². The topological polar surface area (TPSA) is 65.1 Å². The number of rotatable bonds is 7. The molecule has 24 heavy (non-hydrogen) atoms. The molecule has 1 aromatic carbocycles. The molecule has 0 aromatic heterocycles. The van der Waals surface area contributed by atoms with Crippen LogP contribution in [0.2, 0.25) is 0 Å². The van der Waals surface area contributed by atoms with Gasteiger partial charge in [0.1, 0.15) is 18.0 Å². The minimum Gasteiger partial charge on any atom is -0.461 e. The first-order valence-corrected chi connectivity index (χ1v) is 8.42. The first-order valence-electron chi connectivity index (χ1n) is 8.42. The number of epoxide rings is 1. The van der Waals surface area contributed by atoms with Crippen molar-refractivity contribution in [2.45, 2.75) is 53.2 Å². The summed E-state index contributed by atoms with van der Waals surface area (Å²) in [6, 6.07) is 5.51. The van der Waals surface area contributed by atoms with Gasteiger partial charge in [0.25, 0.3) is 0 Å². The fourth-order valence-electron chi connectivity index (χ4n) is 2.13. The van der Waals surface area contributed by atoms with Gasteiger partial charge in [-0.15, -0.1) is 0 Å². The molecule has 1 saturated heterocycles. The van der Waals surface area contributed by atoms with E-state index in [1.54, 1.807) is 19.9 Å². The number of ether oxygens (including phenoxy) is 3. The highest BCUT2D eigenvalue weighted by molar-refractivity contribution is 5.75. The zero-order valence-electron chi connectivity index (χ0n) is 15.0. The second kappa shape index (κ2) is 7.34. The van der Waals surface area contributed by atoms with Crippen LogP contribution in [-0.2, 0) is 31.3 Å². The van der Waals surface area contributed by atoms with Gasteiger partial charge in [-0.1, -0.05) is 39.8 Å². The van der Waals surface area contributed by atoms with Crippen LogP contribution in [-0.4, -0.2) is 18.5 Å². The average Bonchev–Trinajstić information content (AvgIpc) is 3.30. The minimum atomic E-state index is -0.404. The monoisotopic (exact) mass is 334 g/mol. The maximum atomic E-state index is 12.0. The lowest BCUT2D eigenvalue weighted by Gasteiger charge is -2.16. The number of hydrogen-bond donors (Lipinski definition) is 0. The van der Waals surface area contributed by atoms with Crippen molar-refractivity contribution in [1.29, 1.82) is 0 Å². The van der Waals surface area contributed by atoms with Gasteiger partial charge in [-0.3, -0.25) is 9.59 Å². The fraction of sp³-hybridized carbons (Fsp3) is 0.579. The van der Waals surface area contributed by atoms with E-state index in [-0.39, 0.29) is 30.4 Å². The Labute approximate surface area is 143 Å². The first kappa shape index (κ1) is 18.5. The van der Waals surface area contributed by atoms with Crippen LogP contribution in [0.5, 0.6) is 5.75 Å². The van der Waals surface area contributed by atoms with Gasteiger partial charge in [0.2, 0.25) is 0 Å². The van der Waals surface area contributed by atoms with Crippen LogP contribution in [0.25, 0.3) is 0 Å². The number of carbonyl (C=O) groups excluding carboxylic acids is 2. The molecule has 2 atom stereocenters. The van der Waals surface area contributed by atoms with Crippen molar-refractivity contribution in [2.24, 2.45) is 11.8 Å². The summed E-state index contributed by atoms with van der Waals surface area (Å²) in [5.74, 6) is -0.390. The van der Waals surface area contributed by atoms with Crippen molar-refractivity contribution in [3.8, 4) is 5.75 Å². The summed E-state index contributed by atoms with van der Waals surface area (Å²) in [5, 5.41) is 0. The zero-order chi connectivity index (χ0) is 17.9. The van der Waals surface area contributed by atoms with Gasteiger partial charge in [0.15, 0.2) is 0 Å². The summed E-state index contributed by atoms with van der Waals surface area (Å²) < 4.78 is 16.3. The molecule has 1 aliphatic rings. The summed E-state index contributed by atoms with van der Waals surface area (Å²) in [6.07, 6.45) is 0.741. The predicted molar refractivity (Wildman–Crippen MR) is 89.5 cm³/mol. The highest BCUT2D eigenvalue weighted by atomic mass is 16.6. The molecule has 1 heterocycles. The van der Waals surface area contributed by atoms with Crippen molar-refractivity contribution in [3.63, 3.8) is 0 Å². The normalized spacial score (nSPS) is 20.6. The molecule has 0 spiro atoms. The van der Waals surface area contributed by atoms with Crippen LogP contribution in [0.1, 0.15) is 52.2 Å². The molecule has 1 aliphatic heterocycles. The highest BCUT2D eigenvalue weighted by Gasteiger charge is 2.43. The van der Waals surface area contributed by atoms with Crippen LogP contribution in [0.15, 0.2) is 18.2 Å².